The Balaban J connectivity index is 1.47. The van der Waals surface area contributed by atoms with Crippen molar-refractivity contribution in [3.8, 4) is 5.75 Å². The van der Waals surface area contributed by atoms with E-state index in [0.29, 0.717) is 0 Å². The highest BCUT2D eigenvalue weighted by Crippen LogP contribution is 2.32. The second kappa shape index (κ2) is 7.40. The highest BCUT2D eigenvalue weighted by Gasteiger charge is 2.24. The lowest BCUT2D eigenvalue weighted by Gasteiger charge is -2.10. The molecule has 6 heteroatoms. The van der Waals surface area contributed by atoms with Gasteiger partial charge in [-0.25, -0.2) is 4.98 Å². The van der Waals surface area contributed by atoms with Crippen LogP contribution in [0.2, 0.25) is 0 Å². The van der Waals surface area contributed by atoms with Gasteiger partial charge >= 0.3 is 0 Å². The Kier molecular flexibility index (Phi) is 4.81. The number of nitrogens with one attached hydrogen (secondary N) is 2. The first-order chi connectivity index (χ1) is 13.1. The zero-order valence-corrected chi connectivity index (χ0v) is 16.4. The van der Waals surface area contributed by atoms with Crippen LogP contribution in [0.5, 0.6) is 5.75 Å². The molecule has 3 aromatic rings. The summed E-state index contributed by atoms with van der Waals surface area (Å²) in [6, 6.07) is 16.6. The van der Waals surface area contributed by atoms with Gasteiger partial charge in [0.15, 0.2) is 5.13 Å². The van der Waals surface area contributed by atoms with Crippen molar-refractivity contribution in [2.45, 2.75) is 26.3 Å². The fourth-order valence-corrected chi connectivity index (χ4v) is 4.08. The second-order valence-electron chi connectivity index (χ2n) is 6.64. The molecule has 1 aliphatic rings. The van der Waals surface area contributed by atoms with E-state index in [-0.39, 0.29) is 6.04 Å². The van der Waals surface area contributed by atoms with E-state index in [1.807, 2.05) is 19.1 Å². The fraction of sp³-hybridized carbons (Fsp3) is 0.238. The van der Waals surface area contributed by atoms with E-state index < -0.39 is 0 Å². The lowest BCUT2D eigenvalue weighted by atomic mass is 10.0. The summed E-state index contributed by atoms with van der Waals surface area (Å²) in [5.41, 5.74) is 8.81. The smallest absolute Gasteiger partial charge is 0.188 e. The van der Waals surface area contributed by atoms with E-state index in [2.05, 4.69) is 64.1 Å². The molecule has 27 heavy (non-hydrogen) atoms. The van der Waals surface area contributed by atoms with Gasteiger partial charge in [-0.1, -0.05) is 41.2 Å². The summed E-state index contributed by atoms with van der Waals surface area (Å²) in [4.78, 5) is 5.81. The maximum absolute atomic E-state index is 5.23. The molecule has 4 rings (SSSR count). The molecule has 1 aromatic heterocycles. The predicted molar refractivity (Wildman–Crippen MR) is 111 cm³/mol. The molecule has 0 aliphatic carbocycles. The lowest BCUT2D eigenvalue weighted by Crippen LogP contribution is -2.09. The maximum atomic E-state index is 5.23. The first-order valence-corrected chi connectivity index (χ1v) is 9.71. The molecule has 2 aromatic carbocycles. The summed E-state index contributed by atoms with van der Waals surface area (Å²) in [5, 5.41) is 8.86. The van der Waals surface area contributed by atoms with Gasteiger partial charge in [-0.15, -0.1) is 0 Å². The van der Waals surface area contributed by atoms with Crippen molar-refractivity contribution in [2.75, 3.05) is 12.4 Å². The van der Waals surface area contributed by atoms with E-state index in [1.54, 1.807) is 18.4 Å². The molecule has 0 bridgehead atoms. The van der Waals surface area contributed by atoms with Crippen LogP contribution < -0.4 is 15.5 Å². The Morgan fingerprint density at radius 3 is 2.52 bits per heavy atom. The zero-order chi connectivity index (χ0) is 18.8. The normalized spacial score (nSPS) is 16.0. The third-order valence-corrected chi connectivity index (χ3v) is 5.75. The molecule has 0 spiro atoms. The van der Waals surface area contributed by atoms with Crippen molar-refractivity contribution in [2.24, 2.45) is 5.10 Å². The number of aromatic nitrogens is 1. The van der Waals surface area contributed by atoms with Crippen molar-refractivity contribution < 1.29 is 4.74 Å². The number of ether oxygens (including phenoxy) is 1. The van der Waals surface area contributed by atoms with Crippen LogP contribution in [-0.4, -0.2) is 17.8 Å². The summed E-state index contributed by atoms with van der Waals surface area (Å²) in [6.45, 7) is 4.12. The van der Waals surface area contributed by atoms with Crippen LogP contribution in [0.25, 0.3) is 0 Å². The third kappa shape index (κ3) is 3.80. The molecule has 0 unspecified atom stereocenters. The summed E-state index contributed by atoms with van der Waals surface area (Å²) >= 11 is 1.65. The Labute approximate surface area is 163 Å². The predicted octanol–water partition coefficient (Wildman–Crippen LogP) is 4.95. The molecule has 5 nitrogen and oxygen atoms in total. The van der Waals surface area contributed by atoms with Gasteiger partial charge in [0.05, 0.1) is 29.4 Å². The van der Waals surface area contributed by atoms with Crippen LogP contribution in [0.1, 0.15) is 34.2 Å². The SMILES string of the molecule is COc1ccc([C@H]2CC(c3sc(Nc4ccc(C)cc4)nc3C)=NN2)cc1. The lowest BCUT2D eigenvalue weighted by molar-refractivity contribution is 0.414. The Bertz CT molecular complexity index is 961. The number of hydrazone groups is 1. The number of hydrogen-bond acceptors (Lipinski definition) is 6. The Hall–Kier alpha value is -2.86. The highest BCUT2D eigenvalue weighted by atomic mass is 32.1. The van der Waals surface area contributed by atoms with Gasteiger partial charge in [-0.05, 0) is 43.7 Å². The molecule has 0 radical (unpaired) electrons. The molecular formula is C21H22N4OS. The largest absolute Gasteiger partial charge is 0.497 e. The summed E-state index contributed by atoms with van der Waals surface area (Å²) in [5.74, 6) is 0.864. The number of rotatable bonds is 5. The van der Waals surface area contributed by atoms with E-state index in [9.17, 15) is 0 Å². The molecule has 0 saturated carbocycles. The second-order valence-corrected chi connectivity index (χ2v) is 7.64. The van der Waals surface area contributed by atoms with Crippen LogP contribution in [0.3, 0.4) is 0 Å². The highest BCUT2D eigenvalue weighted by molar-refractivity contribution is 7.17. The van der Waals surface area contributed by atoms with Crippen molar-refractivity contribution in [3.63, 3.8) is 0 Å². The topological polar surface area (TPSA) is 58.5 Å². The van der Waals surface area contributed by atoms with Crippen LogP contribution in [-0.2, 0) is 0 Å². The van der Waals surface area contributed by atoms with Crippen LogP contribution in [0.15, 0.2) is 53.6 Å². The number of anilines is 2. The molecule has 138 valence electrons. The van der Waals surface area contributed by atoms with Gasteiger partial charge in [0.25, 0.3) is 0 Å². The minimum atomic E-state index is 0.181. The number of hydrogen-bond donors (Lipinski definition) is 2. The zero-order valence-electron chi connectivity index (χ0n) is 15.6. The Morgan fingerprint density at radius 1 is 1.07 bits per heavy atom. The summed E-state index contributed by atoms with van der Waals surface area (Å²) in [7, 11) is 1.68. The van der Waals surface area contributed by atoms with Crippen LogP contribution in [0.4, 0.5) is 10.8 Å². The van der Waals surface area contributed by atoms with Gasteiger partial charge in [0.2, 0.25) is 0 Å². The molecule has 2 heterocycles. The van der Waals surface area contributed by atoms with Crippen molar-refractivity contribution in [1.29, 1.82) is 0 Å². The van der Waals surface area contributed by atoms with Gasteiger partial charge in [-0.2, -0.15) is 5.10 Å². The average molecular weight is 379 g/mol. The van der Waals surface area contributed by atoms with Gasteiger partial charge in [0.1, 0.15) is 5.75 Å². The van der Waals surface area contributed by atoms with Gasteiger partial charge < -0.3 is 15.5 Å². The third-order valence-electron chi connectivity index (χ3n) is 4.63. The Morgan fingerprint density at radius 2 is 1.81 bits per heavy atom. The molecule has 1 atom stereocenters. The number of methoxy groups -OCH3 is 1. The molecule has 0 amide bonds. The number of nitrogens with zero attached hydrogens (tertiary/aromatic N) is 2. The number of benzene rings is 2. The maximum Gasteiger partial charge on any atom is 0.188 e. The number of aryl methyl sites for hydroxylation is 2. The first kappa shape index (κ1) is 17.5. The van der Waals surface area contributed by atoms with E-state index in [1.165, 1.54) is 11.1 Å². The van der Waals surface area contributed by atoms with E-state index in [4.69, 9.17) is 4.74 Å². The molecule has 2 N–H and O–H groups in total. The quantitative estimate of drug-likeness (QED) is 0.659. The summed E-state index contributed by atoms with van der Waals surface area (Å²) < 4.78 is 5.23. The summed E-state index contributed by atoms with van der Waals surface area (Å²) in [6.07, 6.45) is 0.847. The van der Waals surface area contributed by atoms with Crippen molar-refractivity contribution in [1.82, 2.24) is 10.4 Å². The minimum Gasteiger partial charge on any atom is -0.497 e. The van der Waals surface area contributed by atoms with E-state index in [0.717, 1.165) is 39.3 Å². The van der Waals surface area contributed by atoms with Crippen LogP contribution in [0, 0.1) is 13.8 Å². The molecular weight excluding hydrogens is 356 g/mol. The minimum absolute atomic E-state index is 0.181. The van der Waals surface area contributed by atoms with Gasteiger partial charge in [-0.3, -0.25) is 0 Å². The number of thiazole rings is 1. The van der Waals surface area contributed by atoms with Crippen molar-refractivity contribution >= 4 is 27.9 Å². The first-order valence-electron chi connectivity index (χ1n) is 8.90. The fourth-order valence-electron chi connectivity index (χ4n) is 3.09. The molecule has 0 fully saturated rings. The average Bonchev–Trinajstić information content (AvgIpc) is 3.30. The van der Waals surface area contributed by atoms with E-state index >= 15 is 0 Å². The molecule has 0 saturated heterocycles. The monoisotopic (exact) mass is 378 g/mol. The van der Waals surface area contributed by atoms with Crippen LogP contribution >= 0.6 is 11.3 Å². The van der Waals surface area contributed by atoms with Crippen molar-refractivity contribution in [3.05, 3.63) is 70.2 Å². The standard InChI is InChI=1S/C21H22N4OS/c1-13-4-8-16(9-5-13)23-21-22-14(2)20(27-21)19-12-18(24-25-19)15-6-10-17(26-3)11-7-15/h4-11,18,24H,12H2,1-3H3,(H,22,23)/t18-/m1/s1. The van der Waals surface area contributed by atoms with Gasteiger partial charge in [0, 0.05) is 12.1 Å². The molecule has 1 aliphatic heterocycles.